The first-order chi connectivity index (χ1) is 7.79. The molecule has 0 aliphatic carbocycles. The molecule has 2 fully saturated rings. The number of rotatable bonds is 1. The first-order valence-electron chi connectivity index (χ1n) is 5.32. The summed E-state index contributed by atoms with van der Waals surface area (Å²) in [5, 5.41) is 12.3. The molecule has 2 unspecified atom stereocenters. The van der Waals surface area contributed by atoms with E-state index in [2.05, 4.69) is 37.2 Å². The molecule has 0 bridgehead atoms. The van der Waals surface area contributed by atoms with Crippen molar-refractivity contribution in [3.63, 3.8) is 0 Å². The van der Waals surface area contributed by atoms with Crippen molar-refractivity contribution >= 4 is 21.6 Å². The average molecular weight is 279 g/mol. The Labute approximate surface area is 102 Å². The normalized spacial score (nSPS) is 27.1. The van der Waals surface area contributed by atoms with Crippen LogP contribution >= 0.6 is 15.9 Å². The van der Waals surface area contributed by atoms with Crippen LogP contribution in [0.2, 0.25) is 0 Å². The van der Waals surface area contributed by atoms with E-state index in [-0.39, 0.29) is 0 Å². The number of nitrogens with one attached hydrogen (secondary N) is 1. The number of pyridine rings is 1. The highest BCUT2D eigenvalue weighted by Gasteiger charge is 2.42. The Balaban J connectivity index is 1.88. The summed E-state index contributed by atoms with van der Waals surface area (Å²) in [6.45, 7) is 3.24. The van der Waals surface area contributed by atoms with Gasteiger partial charge in [-0.3, -0.25) is 0 Å². The summed E-state index contributed by atoms with van der Waals surface area (Å²) in [6.07, 6.45) is 1.83. The lowest BCUT2D eigenvalue weighted by Crippen LogP contribution is -2.55. The second-order valence-corrected chi connectivity index (χ2v) is 5.03. The van der Waals surface area contributed by atoms with Gasteiger partial charge in [0.15, 0.2) is 0 Å². The predicted molar refractivity (Wildman–Crippen MR) is 64.1 cm³/mol. The summed E-state index contributed by atoms with van der Waals surface area (Å²) in [4.78, 5) is 6.52. The predicted octanol–water partition coefficient (Wildman–Crippen LogP) is 1.12. The quantitative estimate of drug-likeness (QED) is 0.783. The molecule has 1 N–H and O–H groups in total. The standard InChI is InChI=1S/C11H11BrN4/c12-11-7(2-13)1-9(4-15-11)16-6-8-3-14-5-10(8)16/h1,4,8,10,14H,3,5-6H2. The third kappa shape index (κ3) is 1.41. The molecule has 2 saturated heterocycles. The minimum absolute atomic E-state index is 0.592. The third-order valence-corrected chi connectivity index (χ3v) is 4.04. The maximum Gasteiger partial charge on any atom is 0.123 e. The van der Waals surface area contributed by atoms with E-state index >= 15 is 0 Å². The van der Waals surface area contributed by atoms with E-state index in [0.29, 0.717) is 16.2 Å². The molecule has 16 heavy (non-hydrogen) atoms. The van der Waals surface area contributed by atoms with Crippen molar-refractivity contribution in [1.29, 1.82) is 5.26 Å². The SMILES string of the molecule is N#Cc1cc(N2CC3CNCC32)cnc1Br. The Morgan fingerprint density at radius 3 is 3.19 bits per heavy atom. The van der Waals surface area contributed by atoms with Crippen LogP contribution in [0, 0.1) is 17.2 Å². The van der Waals surface area contributed by atoms with Gasteiger partial charge in [-0.1, -0.05) is 0 Å². The highest BCUT2D eigenvalue weighted by atomic mass is 79.9. The molecule has 4 nitrogen and oxygen atoms in total. The van der Waals surface area contributed by atoms with Gasteiger partial charge in [-0.2, -0.15) is 5.26 Å². The van der Waals surface area contributed by atoms with Crippen molar-refractivity contribution in [2.24, 2.45) is 5.92 Å². The minimum atomic E-state index is 0.592. The van der Waals surface area contributed by atoms with E-state index in [0.717, 1.165) is 31.2 Å². The van der Waals surface area contributed by atoms with Gasteiger partial charge in [0, 0.05) is 31.6 Å². The van der Waals surface area contributed by atoms with Gasteiger partial charge in [0.25, 0.3) is 0 Å². The molecule has 1 aromatic rings. The zero-order valence-corrected chi connectivity index (χ0v) is 10.2. The monoisotopic (exact) mass is 278 g/mol. The van der Waals surface area contributed by atoms with Gasteiger partial charge in [-0.25, -0.2) is 4.98 Å². The van der Waals surface area contributed by atoms with E-state index < -0.39 is 0 Å². The molecule has 3 rings (SSSR count). The van der Waals surface area contributed by atoms with Crippen LogP contribution in [0.15, 0.2) is 16.9 Å². The van der Waals surface area contributed by atoms with E-state index in [9.17, 15) is 0 Å². The van der Waals surface area contributed by atoms with Crippen LogP contribution < -0.4 is 10.2 Å². The molecule has 0 saturated carbocycles. The van der Waals surface area contributed by atoms with Crippen molar-refractivity contribution in [2.75, 3.05) is 24.5 Å². The molecule has 5 heteroatoms. The summed E-state index contributed by atoms with van der Waals surface area (Å²) in [5.74, 6) is 0.772. The van der Waals surface area contributed by atoms with E-state index in [4.69, 9.17) is 5.26 Å². The number of nitriles is 1. The summed E-state index contributed by atoms with van der Waals surface area (Å²) < 4.78 is 0.625. The summed E-state index contributed by atoms with van der Waals surface area (Å²) >= 11 is 3.27. The van der Waals surface area contributed by atoms with Gasteiger partial charge in [0.2, 0.25) is 0 Å². The fourth-order valence-electron chi connectivity index (χ4n) is 2.49. The maximum absolute atomic E-state index is 8.95. The number of anilines is 1. The van der Waals surface area contributed by atoms with Gasteiger partial charge in [-0.15, -0.1) is 0 Å². The van der Waals surface area contributed by atoms with Gasteiger partial charge in [0.1, 0.15) is 10.7 Å². The maximum atomic E-state index is 8.95. The average Bonchev–Trinajstić information content (AvgIpc) is 2.63. The van der Waals surface area contributed by atoms with Crippen LogP contribution in [-0.4, -0.2) is 30.7 Å². The summed E-state index contributed by atoms with van der Waals surface area (Å²) in [6, 6.07) is 4.65. The van der Waals surface area contributed by atoms with Crippen LogP contribution in [0.5, 0.6) is 0 Å². The van der Waals surface area contributed by atoms with Crippen LogP contribution in [0.4, 0.5) is 5.69 Å². The van der Waals surface area contributed by atoms with Crippen molar-refractivity contribution in [2.45, 2.75) is 6.04 Å². The fourth-order valence-corrected chi connectivity index (χ4v) is 2.80. The Morgan fingerprint density at radius 2 is 2.44 bits per heavy atom. The number of nitrogens with zero attached hydrogens (tertiary/aromatic N) is 3. The molecule has 0 amide bonds. The third-order valence-electron chi connectivity index (χ3n) is 3.41. The lowest BCUT2D eigenvalue weighted by Gasteiger charge is -2.45. The molecule has 2 aliphatic rings. The van der Waals surface area contributed by atoms with Crippen molar-refractivity contribution in [3.8, 4) is 6.07 Å². The molecular formula is C11H11BrN4. The first kappa shape index (κ1) is 10.1. The van der Waals surface area contributed by atoms with E-state index in [1.807, 2.05) is 12.3 Å². The van der Waals surface area contributed by atoms with E-state index in [1.54, 1.807) is 0 Å². The Kier molecular flexibility index (Phi) is 2.34. The Morgan fingerprint density at radius 1 is 1.56 bits per heavy atom. The highest BCUT2D eigenvalue weighted by Crippen LogP contribution is 2.33. The number of aromatic nitrogens is 1. The fraction of sp³-hybridized carbons (Fsp3) is 0.455. The topological polar surface area (TPSA) is 52.0 Å². The summed E-state index contributed by atoms with van der Waals surface area (Å²) in [5.41, 5.74) is 1.66. The van der Waals surface area contributed by atoms with Gasteiger partial charge < -0.3 is 10.2 Å². The Hall–Kier alpha value is -1.12. The first-order valence-corrected chi connectivity index (χ1v) is 6.12. The van der Waals surface area contributed by atoms with Crippen molar-refractivity contribution < 1.29 is 0 Å². The van der Waals surface area contributed by atoms with Gasteiger partial charge >= 0.3 is 0 Å². The zero-order chi connectivity index (χ0) is 11.1. The van der Waals surface area contributed by atoms with Crippen LogP contribution in [0.3, 0.4) is 0 Å². The molecule has 0 aromatic carbocycles. The second-order valence-electron chi connectivity index (χ2n) is 4.28. The minimum Gasteiger partial charge on any atom is -0.365 e. The lowest BCUT2D eigenvalue weighted by atomic mass is 9.91. The largest absolute Gasteiger partial charge is 0.365 e. The molecular weight excluding hydrogens is 268 g/mol. The highest BCUT2D eigenvalue weighted by molar-refractivity contribution is 9.10. The number of hydrogen-bond donors (Lipinski definition) is 1. The number of hydrogen-bond acceptors (Lipinski definition) is 4. The molecule has 82 valence electrons. The molecule has 3 heterocycles. The molecule has 2 atom stereocenters. The smallest absolute Gasteiger partial charge is 0.123 e. The van der Waals surface area contributed by atoms with Crippen molar-refractivity contribution in [1.82, 2.24) is 10.3 Å². The summed E-state index contributed by atoms with van der Waals surface area (Å²) in [7, 11) is 0. The molecule has 0 spiro atoms. The molecule has 0 radical (unpaired) electrons. The van der Waals surface area contributed by atoms with Gasteiger partial charge in [0.05, 0.1) is 17.4 Å². The lowest BCUT2D eigenvalue weighted by molar-refractivity contribution is 0.365. The van der Waals surface area contributed by atoms with Crippen LogP contribution in [0.25, 0.3) is 0 Å². The number of halogens is 1. The Bertz CT molecular complexity index is 468. The molecule has 1 aromatic heterocycles. The second kappa shape index (κ2) is 3.72. The van der Waals surface area contributed by atoms with E-state index in [1.165, 1.54) is 0 Å². The van der Waals surface area contributed by atoms with Crippen LogP contribution in [-0.2, 0) is 0 Å². The van der Waals surface area contributed by atoms with Crippen molar-refractivity contribution in [3.05, 3.63) is 22.4 Å². The number of fused-ring (bicyclic) bond motifs is 1. The van der Waals surface area contributed by atoms with Gasteiger partial charge in [-0.05, 0) is 22.0 Å². The molecule has 2 aliphatic heterocycles. The van der Waals surface area contributed by atoms with Crippen LogP contribution in [0.1, 0.15) is 5.56 Å². The zero-order valence-electron chi connectivity index (χ0n) is 8.65.